The number of aromatic nitrogens is 1. The molecule has 0 radical (unpaired) electrons. The summed E-state index contributed by atoms with van der Waals surface area (Å²) in [6.07, 6.45) is 2.51. The molecule has 1 aliphatic heterocycles. The molecule has 0 atom stereocenters. The van der Waals surface area contributed by atoms with Gasteiger partial charge >= 0.3 is 0 Å². The van der Waals surface area contributed by atoms with Gasteiger partial charge in [-0.05, 0) is 66.1 Å². The van der Waals surface area contributed by atoms with Gasteiger partial charge in [-0.1, -0.05) is 18.2 Å². The van der Waals surface area contributed by atoms with Crippen molar-refractivity contribution in [2.75, 3.05) is 53.4 Å². The normalized spacial score (nSPS) is 12.5. The Bertz CT molecular complexity index is 1680. The van der Waals surface area contributed by atoms with E-state index in [1.165, 1.54) is 25.3 Å². The summed E-state index contributed by atoms with van der Waals surface area (Å²) < 4.78 is 21.6. The molecule has 2 amide bonds. The highest BCUT2D eigenvalue weighted by molar-refractivity contribution is 6.25. The van der Waals surface area contributed by atoms with Crippen molar-refractivity contribution in [3.63, 3.8) is 0 Å². The standard InChI is InChI=1S/C34H36N4O6/c1-41-29-18-23-13-15-38(21-26(23)19-30(29)42-2)16-14-35-32(39)22-9-11-27(12-10-22)37-33(40)31(34(43-3)44-4)25-17-24-7-5-6-8-28(24)36-20-25/h5-12,17-20H,13-16,21H2,1-4H3,(H,35,39)(H,37,40). The van der Waals surface area contributed by atoms with Gasteiger partial charge < -0.3 is 29.6 Å². The summed E-state index contributed by atoms with van der Waals surface area (Å²) in [7, 11) is 6.15. The van der Waals surface area contributed by atoms with Crippen LogP contribution < -0.4 is 20.1 Å². The predicted molar refractivity (Wildman–Crippen MR) is 169 cm³/mol. The minimum absolute atomic E-state index is 0.0617. The molecular formula is C34H36N4O6. The van der Waals surface area contributed by atoms with Crippen LogP contribution in [0.5, 0.6) is 11.5 Å². The third kappa shape index (κ3) is 6.76. The predicted octanol–water partition coefficient (Wildman–Crippen LogP) is 4.64. The first-order valence-corrected chi connectivity index (χ1v) is 14.3. The lowest BCUT2D eigenvalue weighted by molar-refractivity contribution is -0.111. The summed E-state index contributed by atoms with van der Waals surface area (Å²) in [6.45, 7) is 2.89. The van der Waals surface area contributed by atoms with E-state index in [0.29, 0.717) is 29.9 Å². The Balaban J connectivity index is 1.18. The molecule has 0 spiro atoms. The number of nitrogens with zero attached hydrogens (tertiary/aromatic N) is 2. The van der Waals surface area contributed by atoms with E-state index in [2.05, 4.69) is 20.5 Å². The largest absolute Gasteiger partial charge is 0.493 e. The fraction of sp³-hybridized carbons (Fsp3) is 0.265. The number of anilines is 1. The molecule has 2 heterocycles. The van der Waals surface area contributed by atoms with Crippen molar-refractivity contribution in [3.8, 4) is 11.5 Å². The SMILES string of the molecule is COC(OC)=C(C(=O)Nc1ccc(C(=O)NCCN2CCc3cc(OC)c(OC)cc3C2)cc1)c1cnc2ccccc2c1. The van der Waals surface area contributed by atoms with Crippen molar-refractivity contribution in [2.45, 2.75) is 13.0 Å². The highest BCUT2D eigenvalue weighted by atomic mass is 16.7. The van der Waals surface area contributed by atoms with Gasteiger partial charge in [-0.2, -0.15) is 0 Å². The number of pyridine rings is 1. The fourth-order valence-corrected chi connectivity index (χ4v) is 5.30. The molecule has 2 N–H and O–H groups in total. The van der Waals surface area contributed by atoms with Crippen LogP contribution in [0.2, 0.25) is 0 Å². The molecule has 3 aromatic carbocycles. The number of hydrogen-bond donors (Lipinski definition) is 2. The van der Waals surface area contributed by atoms with Gasteiger partial charge in [-0.3, -0.25) is 19.5 Å². The number of amides is 2. The molecule has 228 valence electrons. The van der Waals surface area contributed by atoms with Gasteiger partial charge in [0, 0.05) is 54.6 Å². The number of rotatable bonds is 11. The van der Waals surface area contributed by atoms with Gasteiger partial charge in [-0.25, -0.2) is 0 Å². The Labute approximate surface area is 256 Å². The lowest BCUT2D eigenvalue weighted by Crippen LogP contribution is -2.37. The van der Waals surface area contributed by atoms with Crippen LogP contribution in [-0.4, -0.2) is 69.8 Å². The second kappa shape index (κ2) is 13.9. The molecule has 0 unspecified atom stereocenters. The van der Waals surface area contributed by atoms with Gasteiger partial charge in [-0.15, -0.1) is 0 Å². The molecule has 0 saturated carbocycles. The van der Waals surface area contributed by atoms with Gasteiger partial charge in [0.05, 0.1) is 34.0 Å². The molecule has 0 fully saturated rings. The van der Waals surface area contributed by atoms with Crippen molar-refractivity contribution in [3.05, 3.63) is 101 Å². The smallest absolute Gasteiger partial charge is 0.292 e. The van der Waals surface area contributed by atoms with Crippen LogP contribution in [0.3, 0.4) is 0 Å². The first-order valence-electron chi connectivity index (χ1n) is 14.3. The summed E-state index contributed by atoms with van der Waals surface area (Å²) in [5.74, 6) is 0.905. The van der Waals surface area contributed by atoms with E-state index in [4.69, 9.17) is 18.9 Å². The van der Waals surface area contributed by atoms with E-state index in [1.807, 2.05) is 42.5 Å². The Morgan fingerprint density at radius 2 is 1.57 bits per heavy atom. The number of ether oxygens (including phenoxy) is 4. The number of carbonyl (C=O) groups is 2. The van der Waals surface area contributed by atoms with Crippen molar-refractivity contribution in [1.29, 1.82) is 0 Å². The second-order valence-corrected chi connectivity index (χ2v) is 10.3. The summed E-state index contributed by atoms with van der Waals surface area (Å²) in [4.78, 5) is 33.0. The highest BCUT2D eigenvalue weighted by Gasteiger charge is 2.22. The Hall–Kier alpha value is -5.09. The van der Waals surface area contributed by atoms with E-state index < -0.39 is 5.91 Å². The number of nitrogens with one attached hydrogen (secondary N) is 2. The number of para-hydroxylation sites is 1. The van der Waals surface area contributed by atoms with Crippen molar-refractivity contribution >= 4 is 34.0 Å². The van der Waals surface area contributed by atoms with E-state index in [1.54, 1.807) is 44.7 Å². The average Bonchev–Trinajstić information content (AvgIpc) is 3.06. The Morgan fingerprint density at radius 1 is 0.864 bits per heavy atom. The molecule has 10 heteroatoms. The topological polar surface area (TPSA) is 111 Å². The van der Waals surface area contributed by atoms with E-state index in [9.17, 15) is 9.59 Å². The molecule has 10 nitrogen and oxygen atoms in total. The van der Waals surface area contributed by atoms with Gasteiger partial charge in [0.2, 0.25) is 0 Å². The summed E-state index contributed by atoms with van der Waals surface area (Å²) >= 11 is 0. The van der Waals surface area contributed by atoms with Crippen LogP contribution in [0.4, 0.5) is 5.69 Å². The van der Waals surface area contributed by atoms with Crippen LogP contribution in [0.25, 0.3) is 16.5 Å². The van der Waals surface area contributed by atoms with E-state index >= 15 is 0 Å². The summed E-state index contributed by atoms with van der Waals surface area (Å²) in [6, 6.07) is 20.3. The summed E-state index contributed by atoms with van der Waals surface area (Å²) in [5.41, 5.74) is 5.03. The fourth-order valence-electron chi connectivity index (χ4n) is 5.30. The second-order valence-electron chi connectivity index (χ2n) is 10.3. The summed E-state index contributed by atoms with van der Waals surface area (Å²) in [5, 5.41) is 6.75. The molecule has 0 bridgehead atoms. The van der Waals surface area contributed by atoms with Crippen molar-refractivity contribution in [2.24, 2.45) is 0 Å². The number of benzene rings is 3. The lowest BCUT2D eigenvalue weighted by Gasteiger charge is -2.29. The number of fused-ring (bicyclic) bond motifs is 2. The Kier molecular flexibility index (Phi) is 9.61. The van der Waals surface area contributed by atoms with Crippen LogP contribution in [0.1, 0.15) is 27.0 Å². The molecule has 44 heavy (non-hydrogen) atoms. The molecule has 4 aromatic rings. The molecule has 5 rings (SSSR count). The number of carbonyl (C=O) groups excluding carboxylic acids is 2. The maximum absolute atomic E-state index is 13.4. The molecular weight excluding hydrogens is 560 g/mol. The van der Waals surface area contributed by atoms with Crippen LogP contribution in [-0.2, 0) is 27.2 Å². The number of methoxy groups -OCH3 is 4. The first-order chi connectivity index (χ1) is 21.4. The zero-order chi connectivity index (χ0) is 31.1. The average molecular weight is 597 g/mol. The van der Waals surface area contributed by atoms with E-state index in [-0.39, 0.29) is 17.4 Å². The van der Waals surface area contributed by atoms with Crippen molar-refractivity contribution in [1.82, 2.24) is 15.2 Å². The van der Waals surface area contributed by atoms with E-state index in [0.717, 1.165) is 41.9 Å². The molecule has 0 saturated heterocycles. The molecule has 1 aliphatic rings. The maximum Gasteiger partial charge on any atom is 0.292 e. The van der Waals surface area contributed by atoms with Gasteiger partial charge in [0.1, 0.15) is 5.57 Å². The van der Waals surface area contributed by atoms with Gasteiger partial charge in [0.15, 0.2) is 11.5 Å². The highest BCUT2D eigenvalue weighted by Crippen LogP contribution is 2.33. The minimum Gasteiger partial charge on any atom is -0.493 e. The Morgan fingerprint density at radius 3 is 2.27 bits per heavy atom. The van der Waals surface area contributed by atoms with Crippen LogP contribution in [0.15, 0.2) is 78.9 Å². The van der Waals surface area contributed by atoms with Crippen LogP contribution >= 0.6 is 0 Å². The van der Waals surface area contributed by atoms with Crippen molar-refractivity contribution < 1.29 is 28.5 Å². The third-order valence-electron chi connectivity index (χ3n) is 7.60. The number of hydrogen-bond acceptors (Lipinski definition) is 8. The minimum atomic E-state index is -0.433. The van der Waals surface area contributed by atoms with Crippen LogP contribution in [0, 0.1) is 0 Å². The zero-order valence-corrected chi connectivity index (χ0v) is 25.3. The van der Waals surface area contributed by atoms with Gasteiger partial charge in [0.25, 0.3) is 17.8 Å². The zero-order valence-electron chi connectivity index (χ0n) is 25.3. The quantitative estimate of drug-likeness (QED) is 0.190. The molecule has 1 aromatic heterocycles. The third-order valence-corrected chi connectivity index (χ3v) is 7.60. The maximum atomic E-state index is 13.4. The lowest BCUT2D eigenvalue weighted by atomic mass is 9.99. The first kappa shape index (κ1) is 30.4. The monoisotopic (exact) mass is 596 g/mol. The molecule has 0 aliphatic carbocycles.